The van der Waals surface area contributed by atoms with Crippen LogP contribution in [0.25, 0.3) is 11.3 Å². The van der Waals surface area contributed by atoms with Crippen LogP contribution in [0.1, 0.15) is 16.1 Å². The molecule has 4 nitrogen and oxygen atoms in total. The first-order chi connectivity index (χ1) is 10.2. The zero-order valence-electron chi connectivity index (χ0n) is 10.6. The van der Waals surface area contributed by atoms with Gasteiger partial charge in [-0.2, -0.15) is 0 Å². The van der Waals surface area contributed by atoms with Crippen molar-refractivity contribution in [3.8, 4) is 11.3 Å². The van der Waals surface area contributed by atoms with Crippen LogP contribution in [0.3, 0.4) is 0 Å². The Hall–Kier alpha value is -2.17. The summed E-state index contributed by atoms with van der Waals surface area (Å²) in [6.07, 6.45) is 2.81. The van der Waals surface area contributed by atoms with Crippen LogP contribution in [0.15, 0.2) is 53.4 Å². The van der Waals surface area contributed by atoms with E-state index in [1.54, 1.807) is 42.6 Å². The first-order valence-corrected chi connectivity index (χ1v) is 6.78. The van der Waals surface area contributed by atoms with Crippen molar-refractivity contribution in [2.24, 2.45) is 0 Å². The monoisotopic (exact) mass is 318 g/mol. The Balaban J connectivity index is 2.12. The van der Waals surface area contributed by atoms with Gasteiger partial charge in [-0.15, -0.1) is 0 Å². The summed E-state index contributed by atoms with van der Waals surface area (Å²) in [6.45, 7) is 0. The van der Waals surface area contributed by atoms with Crippen molar-refractivity contribution >= 4 is 29.0 Å². The summed E-state index contributed by atoms with van der Waals surface area (Å²) >= 11 is 12.3. The number of hydrogen-bond acceptors (Lipinski definition) is 4. The van der Waals surface area contributed by atoms with Gasteiger partial charge >= 0.3 is 0 Å². The lowest BCUT2D eigenvalue weighted by molar-refractivity contribution is 0.103. The number of benzene rings is 1. The highest BCUT2D eigenvalue weighted by Gasteiger charge is 2.23. The number of pyridine rings is 1. The van der Waals surface area contributed by atoms with E-state index in [9.17, 15) is 4.79 Å². The molecule has 0 fully saturated rings. The van der Waals surface area contributed by atoms with Gasteiger partial charge in [-0.3, -0.25) is 9.78 Å². The van der Waals surface area contributed by atoms with E-state index in [0.29, 0.717) is 27.0 Å². The summed E-state index contributed by atoms with van der Waals surface area (Å²) in [5.74, 6) is -0.303. The van der Waals surface area contributed by atoms with E-state index in [2.05, 4.69) is 10.1 Å². The van der Waals surface area contributed by atoms with Gasteiger partial charge in [-0.25, -0.2) is 0 Å². The van der Waals surface area contributed by atoms with E-state index >= 15 is 0 Å². The second-order valence-electron chi connectivity index (χ2n) is 4.22. The van der Waals surface area contributed by atoms with E-state index in [0.717, 1.165) is 0 Å². The van der Waals surface area contributed by atoms with Crippen LogP contribution in [0.2, 0.25) is 10.0 Å². The van der Waals surface area contributed by atoms with Gasteiger partial charge in [0.2, 0.25) is 5.78 Å². The summed E-state index contributed by atoms with van der Waals surface area (Å²) in [5.41, 5.74) is 1.34. The molecule has 3 rings (SSSR count). The minimum absolute atomic E-state index is 0.267. The molecule has 0 bridgehead atoms. The topological polar surface area (TPSA) is 56.0 Å². The van der Waals surface area contributed by atoms with Crippen LogP contribution in [0.4, 0.5) is 0 Å². The Morgan fingerprint density at radius 3 is 2.48 bits per heavy atom. The predicted octanol–water partition coefficient (Wildman–Crippen LogP) is 4.27. The largest absolute Gasteiger partial charge is 0.363 e. The summed E-state index contributed by atoms with van der Waals surface area (Å²) in [7, 11) is 0. The number of carbonyl (C=O) groups is 1. The molecule has 0 spiro atoms. The second-order valence-corrected chi connectivity index (χ2v) is 5.03. The molecule has 0 aliphatic carbocycles. The number of aromatic nitrogens is 2. The van der Waals surface area contributed by atoms with E-state index < -0.39 is 0 Å². The van der Waals surface area contributed by atoms with Crippen molar-refractivity contribution in [3.05, 3.63) is 70.2 Å². The van der Waals surface area contributed by atoms with Crippen LogP contribution in [0.5, 0.6) is 0 Å². The van der Waals surface area contributed by atoms with E-state index in [-0.39, 0.29) is 11.3 Å². The summed E-state index contributed by atoms with van der Waals surface area (Å²) in [6, 6.07) is 10.1. The maximum absolute atomic E-state index is 12.5. The Labute approximate surface area is 130 Å². The molecule has 3 aromatic rings. The van der Waals surface area contributed by atoms with E-state index in [4.69, 9.17) is 27.7 Å². The maximum Gasteiger partial charge on any atom is 0.216 e. The molecular formula is C15H8Cl2N2O2. The number of carbonyl (C=O) groups excluding carboxylic acids is 1. The molecule has 0 saturated heterocycles. The quantitative estimate of drug-likeness (QED) is 0.676. The fourth-order valence-corrected chi connectivity index (χ4v) is 2.51. The average Bonchev–Trinajstić information content (AvgIpc) is 2.96. The first-order valence-electron chi connectivity index (χ1n) is 6.03. The Morgan fingerprint density at radius 2 is 1.81 bits per heavy atom. The Bertz CT molecular complexity index is 780. The molecule has 0 radical (unpaired) electrons. The Kier molecular flexibility index (Phi) is 3.73. The van der Waals surface area contributed by atoms with Gasteiger partial charge in [0.05, 0.1) is 15.6 Å². The van der Waals surface area contributed by atoms with Gasteiger partial charge in [0.25, 0.3) is 0 Å². The zero-order chi connectivity index (χ0) is 14.8. The predicted molar refractivity (Wildman–Crippen MR) is 79.6 cm³/mol. The van der Waals surface area contributed by atoms with Crippen molar-refractivity contribution in [3.63, 3.8) is 0 Å². The second kappa shape index (κ2) is 5.68. The Morgan fingerprint density at radius 1 is 1.05 bits per heavy atom. The third-order valence-electron chi connectivity index (χ3n) is 2.91. The molecule has 1 aromatic carbocycles. The molecule has 0 amide bonds. The molecule has 2 heterocycles. The third kappa shape index (κ3) is 2.55. The third-order valence-corrected chi connectivity index (χ3v) is 3.54. The molecule has 6 heteroatoms. The van der Waals surface area contributed by atoms with Crippen molar-refractivity contribution in [1.29, 1.82) is 0 Å². The number of rotatable bonds is 3. The number of nitrogens with zero attached hydrogens (tertiary/aromatic N) is 2. The molecule has 0 aliphatic rings. The summed E-state index contributed by atoms with van der Waals surface area (Å²) in [4.78, 5) is 16.5. The standard InChI is InChI=1S/C15H8Cl2N2O2/c16-10-4-3-5-11(17)13(10)14-9(8-21-19-14)15(20)12-6-1-2-7-18-12/h1-8H. The van der Waals surface area contributed by atoms with E-state index in [1.165, 1.54) is 6.26 Å². The van der Waals surface area contributed by atoms with Crippen LogP contribution in [0, 0.1) is 0 Å². The van der Waals surface area contributed by atoms with Crippen molar-refractivity contribution in [1.82, 2.24) is 10.1 Å². The normalized spacial score (nSPS) is 10.6. The molecule has 0 N–H and O–H groups in total. The molecule has 0 unspecified atom stereocenters. The van der Waals surface area contributed by atoms with Gasteiger partial charge < -0.3 is 4.52 Å². The summed E-state index contributed by atoms with van der Waals surface area (Å²) in [5, 5.41) is 4.65. The molecule has 0 atom stereocenters. The van der Waals surface area contributed by atoms with Crippen LogP contribution < -0.4 is 0 Å². The number of halogens is 2. The minimum Gasteiger partial charge on any atom is -0.363 e. The lowest BCUT2D eigenvalue weighted by atomic mass is 10.0. The van der Waals surface area contributed by atoms with Crippen molar-refractivity contribution in [2.75, 3.05) is 0 Å². The van der Waals surface area contributed by atoms with Crippen molar-refractivity contribution < 1.29 is 9.32 Å². The molecular weight excluding hydrogens is 311 g/mol. The highest BCUT2D eigenvalue weighted by Crippen LogP contribution is 2.36. The molecule has 2 aromatic heterocycles. The fraction of sp³-hybridized carbons (Fsp3) is 0. The van der Waals surface area contributed by atoms with Crippen LogP contribution >= 0.6 is 23.2 Å². The molecule has 0 saturated carbocycles. The molecule has 0 aliphatic heterocycles. The number of hydrogen-bond donors (Lipinski definition) is 0. The lowest BCUT2D eigenvalue weighted by Gasteiger charge is -2.05. The van der Waals surface area contributed by atoms with Crippen molar-refractivity contribution in [2.45, 2.75) is 0 Å². The number of ketones is 1. The maximum atomic E-state index is 12.5. The smallest absolute Gasteiger partial charge is 0.216 e. The molecule has 104 valence electrons. The van der Waals surface area contributed by atoms with Gasteiger partial charge in [-0.05, 0) is 24.3 Å². The molecule has 21 heavy (non-hydrogen) atoms. The average molecular weight is 319 g/mol. The SMILES string of the molecule is O=C(c1ccccn1)c1conc1-c1c(Cl)cccc1Cl. The lowest BCUT2D eigenvalue weighted by Crippen LogP contribution is -2.04. The van der Waals surface area contributed by atoms with Gasteiger partial charge in [0, 0.05) is 11.8 Å². The van der Waals surface area contributed by atoms with Gasteiger partial charge in [0.15, 0.2) is 0 Å². The van der Waals surface area contributed by atoms with Gasteiger partial charge in [0.1, 0.15) is 17.7 Å². The van der Waals surface area contributed by atoms with Crippen LogP contribution in [-0.2, 0) is 0 Å². The highest BCUT2D eigenvalue weighted by atomic mass is 35.5. The zero-order valence-corrected chi connectivity index (χ0v) is 12.1. The fourth-order valence-electron chi connectivity index (χ4n) is 1.94. The van der Waals surface area contributed by atoms with Crippen LogP contribution in [-0.4, -0.2) is 15.9 Å². The minimum atomic E-state index is -0.303. The summed E-state index contributed by atoms with van der Waals surface area (Å²) < 4.78 is 4.94. The van der Waals surface area contributed by atoms with Gasteiger partial charge in [-0.1, -0.05) is 40.5 Å². The highest BCUT2D eigenvalue weighted by molar-refractivity contribution is 6.39. The van der Waals surface area contributed by atoms with E-state index in [1.807, 2.05) is 0 Å². The first kappa shape index (κ1) is 13.8.